The molecule has 6 nitrogen and oxygen atoms in total. The van der Waals surface area contributed by atoms with E-state index in [0.717, 1.165) is 5.56 Å². The normalized spacial score (nSPS) is 10.2. The van der Waals surface area contributed by atoms with Crippen LogP contribution in [0.3, 0.4) is 0 Å². The minimum absolute atomic E-state index is 0.217. The molecule has 0 amide bonds. The second-order valence-electron chi connectivity index (χ2n) is 3.13. The number of aromatic nitrogens is 4. The zero-order chi connectivity index (χ0) is 12.4. The van der Waals surface area contributed by atoms with Crippen LogP contribution in [0.2, 0.25) is 5.15 Å². The van der Waals surface area contributed by atoms with Gasteiger partial charge in [0.2, 0.25) is 5.95 Å². The molecule has 2 aromatic rings. The molecule has 2 heterocycles. The molecule has 0 spiro atoms. The first-order chi connectivity index (χ1) is 8.11. The summed E-state index contributed by atoms with van der Waals surface area (Å²) in [7, 11) is 1.69. The standard InChI is InChI=1S/C9H9ClN6S/c1-12-9(17)16-8(11)14-7(15-16)5-2-3-6(10)13-4-5/h2-4H,1H3,(H,12,17)(H2,11,14,15). The van der Waals surface area contributed by atoms with Gasteiger partial charge in [0.1, 0.15) is 5.15 Å². The van der Waals surface area contributed by atoms with Gasteiger partial charge in [0, 0.05) is 18.8 Å². The molecule has 0 aliphatic rings. The van der Waals surface area contributed by atoms with E-state index in [-0.39, 0.29) is 5.95 Å². The van der Waals surface area contributed by atoms with Crippen molar-refractivity contribution < 1.29 is 0 Å². The fourth-order valence-electron chi connectivity index (χ4n) is 1.21. The summed E-state index contributed by atoms with van der Waals surface area (Å²) in [5, 5.41) is 7.73. The molecule has 88 valence electrons. The topological polar surface area (TPSA) is 81.7 Å². The largest absolute Gasteiger partial charge is 0.368 e. The van der Waals surface area contributed by atoms with E-state index in [4.69, 9.17) is 29.6 Å². The van der Waals surface area contributed by atoms with Gasteiger partial charge in [-0.2, -0.15) is 9.67 Å². The van der Waals surface area contributed by atoms with E-state index in [0.29, 0.717) is 16.1 Å². The summed E-state index contributed by atoms with van der Waals surface area (Å²) in [5.41, 5.74) is 6.42. The van der Waals surface area contributed by atoms with Crippen LogP contribution in [0.4, 0.5) is 5.95 Å². The monoisotopic (exact) mass is 268 g/mol. The van der Waals surface area contributed by atoms with E-state index in [1.165, 1.54) is 4.68 Å². The zero-order valence-electron chi connectivity index (χ0n) is 8.88. The number of nitrogens with two attached hydrogens (primary N) is 1. The summed E-state index contributed by atoms with van der Waals surface area (Å²) in [6, 6.07) is 3.42. The van der Waals surface area contributed by atoms with Crippen LogP contribution in [0.15, 0.2) is 18.3 Å². The van der Waals surface area contributed by atoms with Crippen molar-refractivity contribution in [1.82, 2.24) is 25.1 Å². The van der Waals surface area contributed by atoms with Crippen molar-refractivity contribution in [3.05, 3.63) is 23.5 Å². The van der Waals surface area contributed by atoms with Crippen LogP contribution in [-0.2, 0) is 0 Å². The first-order valence-electron chi connectivity index (χ1n) is 4.68. The Hall–Kier alpha value is -1.73. The number of rotatable bonds is 1. The molecule has 0 radical (unpaired) electrons. The fraction of sp³-hybridized carbons (Fsp3) is 0.111. The molecule has 0 fully saturated rings. The quantitative estimate of drug-likeness (QED) is 0.591. The van der Waals surface area contributed by atoms with Crippen molar-refractivity contribution in [3.63, 3.8) is 0 Å². The second-order valence-corrected chi connectivity index (χ2v) is 3.90. The van der Waals surface area contributed by atoms with Gasteiger partial charge in [0.05, 0.1) is 0 Å². The smallest absolute Gasteiger partial charge is 0.226 e. The number of nitrogen functional groups attached to an aromatic ring is 1. The summed E-state index contributed by atoms with van der Waals surface area (Å²) >= 11 is 10.7. The lowest BCUT2D eigenvalue weighted by molar-refractivity contribution is 0.915. The van der Waals surface area contributed by atoms with E-state index in [1.54, 1.807) is 25.4 Å². The summed E-state index contributed by atoms with van der Waals surface area (Å²) in [6.07, 6.45) is 1.57. The number of thiocarbonyl (C=S) groups is 1. The summed E-state index contributed by atoms with van der Waals surface area (Å²) in [6.45, 7) is 0. The van der Waals surface area contributed by atoms with Crippen LogP contribution < -0.4 is 11.1 Å². The Morgan fingerprint density at radius 1 is 1.53 bits per heavy atom. The molecule has 0 aromatic carbocycles. The number of anilines is 1. The van der Waals surface area contributed by atoms with Crippen LogP contribution >= 0.6 is 23.8 Å². The summed E-state index contributed by atoms with van der Waals surface area (Å²) in [4.78, 5) is 8.04. The molecule has 3 N–H and O–H groups in total. The Morgan fingerprint density at radius 3 is 2.88 bits per heavy atom. The molecule has 0 aliphatic heterocycles. The molecule has 2 aromatic heterocycles. The lowest BCUT2D eigenvalue weighted by Gasteiger charge is -2.01. The van der Waals surface area contributed by atoms with Crippen molar-refractivity contribution >= 4 is 34.9 Å². The first kappa shape index (κ1) is 11.7. The second kappa shape index (κ2) is 4.64. The molecule has 0 unspecified atom stereocenters. The maximum atomic E-state index is 5.70. The van der Waals surface area contributed by atoms with Gasteiger partial charge in [-0.1, -0.05) is 11.6 Å². The van der Waals surface area contributed by atoms with Gasteiger partial charge >= 0.3 is 0 Å². The van der Waals surface area contributed by atoms with Crippen LogP contribution in [0.5, 0.6) is 0 Å². The molecular formula is C9H9ClN6S. The van der Waals surface area contributed by atoms with E-state index < -0.39 is 0 Å². The molecule has 8 heteroatoms. The Kier molecular flexibility index (Phi) is 3.21. The highest BCUT2D eigenvalue weighted by molar-refractivity contribution is 7.80. The van der Waals surface area contributed by atoms with Crippen molar-refractivity contribution in [1.29, 1.82) is 0 Å². The zero-order valence-corrected chi connectivity index (χ0v) is 10.5. The van der Waals surface area contributed by atoms with Gasteiger partial charge in [-0.15, -0.1) is 5.10 Å². The molecule has 0 atom stereocenters. The van der Waals surface area contributed by atoms with Gasteiger partial charge in [-0.05, 0) is 24.4 Å². The van der Waals surface area contributed by atoms with Gasteiger partial charge < -0.3 is 11.1 Å². The Morgan fingerprint density at radius 2 is 2.29 bits per heavy atom. The van der Waals surface area contributed by atoms with Crippen molar-refractivity contribution in [2.24, 2.45) is 0 Å². The Balaban J connectivity index is 2.41. The van der Waals surface area contributed by atoms with Gasteiger partial charge in [0.15, 0.2) is 10.9 Å². The van der Waals surface area contributed by atoms with Gasteiger partial charge in [-0.3, -0.25) is 0 Å². The third-order valence-electron chi connectivity index (χ3n) is 2.02. The highest BCUT2D eigenvalue weighted by atomic mass is 35.5. The third-order valence-corrected chi connectivity index (χ3v) is 2.62. The van der Waals surface area contributed by atoms with Crippen LogP contribution in [0, 0.1) is 0 Å². The SMILES string of the molecule is CNC(=S)n1nc(-c2ccc(Cl)nc2)nc1N. The maximum absolute atomic E-state index is 5.70. The molecule has 17 heavy (non-hydrogen) atoms. The first-order valence-corrected chi connectivity index (χ1v) is 5.47. The lowest BCUT2D eigenvalue weighted by atomic mass is 10.3. The third kappa shape index (κ3) is 2.34. The average molecular weight is 269 g/mol. The molecule has 2 rings (SSSR count). The minimum atomic E-state index is 0.217. The number of nitrogens with zero attached hydrogens (tertiary/aromatic N) is 4. The fourth-order valence-corrected chi connectivity index (χ4v) is 1.46. The number of halogens is 1. The predicted octanol–water partition coefficient (Wildman–Crippen LogP) is 0.928. The number of pyridine rings is 1. The summed E-state index contributed by atoms with van der Waals surface area (Å²) < 4.78 is 1.35. The van der Waals surface area contributed by atoms with E-state index in [9.17, 15) is 0 Å². The average Bonchev–Trinajstić information content (AvgIpc) is 2.71. The van der Waals surface area contributed by atoms with E-state index in [2.05, 4.69) is 20.4 Å². The minimum Gasteiger partial charge on any atom is -0.368 e. The van der Waals surface area contributed by atoms with Gasteiger partial charge in [-0.25, -0.2) is 4.98 Å². The van der Waals surface area contributed by atoms with Crippen molar-refractivity contribution in [2.45, 2.75) is 0 Å². The van der Waals surface area contributed by atoms with Crippen LogP contribution in [0.25, 0.3) is 11.4 Å². The van der Waals surface area contributed by atoms with Crippen molar-refractivity contribution in [3.8, 4) is 11.4 Å². The highest BCUT2D eigenvalue weighted by Gasteiger charge is 2.11. The predicted molar refractivity (Wildman–Crippen MR) is 69.7 cm³/mol. The van der Waals surface area contributed by atoms with Crippen molar-refractivity contribution in [2.75, 3.05) is 12.8 Å². The molecule has 0 aliphatic carbocycles. The van der Waals surface area contributed by atoms with Crippen LogP contribution in [-0.4, -0.2) is 31.9 Å². The Bertz CT molecular complexity index is 549. The molecule has 0 saturated heterocycles. The highest BCUT2D eigenvalue weighted by Crippen LogP contribution is 2.17. The van der Waals surface area contributed by atoms with E-state index >= 15 is 0 Å². The Labute approximate surface area is 108 Å². The maximum Gasteiger partial charge on any atom is 0.226 e. The lowest BCUT2D eigenvalue weighted by Crippen LogP contribution is -2.26. The number of hydrogen-bond donors (Lipinski definition) is 2. The molecular weight excluding hydrogens is 260 g/mol. The number of hydrogen-bond acceptors (Lipinski definition) is 5. The van der Waals surface area contributed by atoms with E-state index in [1.807, 2.05) is 0 Å². The number of nitrogens with one attached hydrogen (secondary N) is 1. The molecule has 0 saturated carbocycles. The molecule has 0 bridgehead atoms. The van der Waals surface area contributed by atoms with Gasteiger partial charge in [0.25, 0.3) is 0 Å². The van der Waals surface area contributed by atoms with Crippen LogP contribution in [0.1, 0.15) is 0 Å². The summed E-state index contributed by atoms with van der Waals surface area (Å²) in [5.74, 6) is 0.665.